The molecule has 6 rings (SSSR count). The van der Waals surface area contributed by atoms with Crippen LogP contribution in [0.25, 0.3) is 16.7 Å². The second-order valence-corrected chi connectivity index (χ2v) is 8.63. The summed E-state index contributed by atoms with van der Waals surface area (Å²) >= 11 is 0. The quantitative estimate of drug-likeness (QED) is 0.246. The van der Waals surface area contributed by atoms with Crippen LogP contribution in [0.4, 0.5) is 0 Å². The normalized spacial score (nSPS) is 18.2. The van der Waals surface area contributed by atoms with Gasteiger partial charge in [0.1, 0.15) is 11.5 Å². The number of fused-ring (bicyclic) bond motifs is 2. The van der Waals surface area contributed by atoms with E-state index in [1.54, 1.807) is 43.6 Å². The summed E-state index contributed by atoms with van der Waals surface area (Å²) in [6.45, 7) is 0.262. The number of aliphatic hydroxyl groups is 1. The van der Waals surface area contributed by atoms with Crippen molar-refractivity contribution in [2.24, 2.45) is 0 Å². The summed E-state index contributed by atoms with van der Waals surface area (Å²) in [6, 6.07) is 19.1. The van der Waals surface area contributed by atoms with Crippen molar-refractivity contribution in [1.82, 2.24) is 9.88 Å². The number of nitrogens with zero attached hydrogens (tertiary/aromatic N) is 1. The molecule has 1 unspecified atom stereocenters. The van der Waals surface area contributed by atoms with Gasteiger partial charge in [0, 0.05) is 34.8 Å². The summed E-state index contributed by atoms with van der Waals surface area (Å²) < 4.78 is 16.0. The molecule has 1 amide bonds. The van der Waals surface area contributed by atoms with Gasteiger partial charge in [0.25, 0.3) is 11.7 Å². The van der Waals surface area contributed by atoms with Crippen molar-refractivity contribution in [1.29, 1.82) is 0 Å². The fraction of sp³-hybridized carbons (Fsp3) is 0.143. The number of carbonyl (C=O) groups is 2. The molecule has 1 atom stereocenters. The lowest BCUT2D eigenvalue weighted by atomic mass is 9.94. The maximum Gasteiger partial charge on any atom is 0.295 e. The maximum absolute atomic E-state index is 13.4. The van der Waals surface area contributed by atoms with Gasteiger partial charge in [-0.05, 0) is 42.0 Å². The summed E-state index contributed by atoms with van der Waals surface area (Å²) in [5, 5.41) is 12.3. The monoisotopic (exact) mass is 482 g/mol. The van der Waals surface area contributed by atoms with Crippen molar-refractivity contribution >= 4 is 28.4 Å². The van der Waals surface area contributed by atoms with Crippen molar-refractivity contribution in [2.75, 3.05) is 13.9 Å². The van der Waals surface area contributed by atoms with E-state index < -0.39 is 17.7 Å². The number of ketones is 1. The molecule has 1 aromatic heterocycles. The lowest BCUT2D eigenvalue weighted by Gasteiger charge is -2.25. The molecule has 4 aromatic rings. The molecule has 8 heteroatoms. The third-order valence-electron chi connectivity index (χ3n) is 6.61. The summed E-state index contributed by atoms with van der Waals surface area (Å²) in [5.41, 5.74) is 2.81. The number of hydrogen-bond acceptors (Lipinski definition) is 6. The molecule has 2 aliphatic rings. The molecule has 1 saturated heterocycles. The van der Waals surface area contributed by atoms with Gasteiger partial charge in [0.2, 0.25) is 6.79 Å². The summed E-state index contributed by atoms with van der Waals surface area (Å²) in [6.07, 6.45) is 1.79. The minimum Gasteiger partial charge on any atom is -0.507 e. The first-order valence-corrected chi connectivity index (χ1v) is 11.4. The van der Waals surface area contributed by atoms with E-state index in [9.17, 15) is 14.7 Å². The average Bonchev–Trinajstić information content (AvgIpc) is 3.61. The molecule has 0 bridgehead atoms. The Morgan fingerprint density at radius 2 is 1.83 bits per heavy atom. The Morgan fingerprint density at radius 3 is 2.64 bits per heavy atom. The minimum atomic E-state index is -0.798. The first-order valence-electron chi connectivity index (χ1n) is 11.4. The number of nitrogens with one attached hydrogen (secondary N) is 1. The predicted molar refractivity (Wildman–Crippen MR) is 132 cm³/mol. The van der Waals surface area contributed by atoms with Gasteiger partial charge in [0.15, 0.2) is 11.5 Å². The Labute approximate surface area is 206 Å². The molecule has 0 saturated carbocycles. The highest BCUT2D eigenvalue weighted by molar-refractivity contribution is 6.46. The van der Waals surface area contributed by atoms with E-state index in [2.05, 4.69) is 4.98 Å². The first kappa shape index (κ1) is 21.8. The number of H-pyrrole nitrogens is 1. The third-order valence-corrected chi connectivity index (χ3v) is 6.61. The average molecular weight is 482 g/mol. The minimum absolute atomic E-state index is 0.0251. The maximum atomic E-state index is 13.4. The lowest BCUT2D eigenvalue weighted by molar-refractivity contribution is -0.140. The molecule has 1 fully saturated rings. The number of benzene rings is 3. The number of likely N-dealkylation sites (tertiary alicyclic amines) is 1. The third kappa shape index (κ3) is 3.46. The number of hydrogen-bond donors (Lipinski definition) is 2. The molecule has 0 radical (unpaired) electrons. The van der Waals surface area contributed by atoms with Crippen LogP contribution < -0.4 is 14.2 Å². The number of carbonyl (C=O) groups excluding carboxylic acids is 2. The molecule has 2 aliphatic heterocycles. The number of aromatic amines is 1. The molecule has 0 aliphatic carbocycles. The van der Waals surface area contributed by atoms with Gasteiger partial charge in [-0.2, -0.15) is 0 Å². The van der Waals surface area contributed by atoms with Crippen LogP contribution in [-0.2, 0) is 16.1 Å². The molecular weight excluding hydrogens is 460 g/mol. The van der Waals surface area contributed by atoms with E-state index >= 15 is 0 Å². The largest absolute Gasteiger partial charge is 0.507 e. The van der Waals surface area contributed by atoms with E-state index in [4.69, 9.17) is 14.2 Å². The van der Waals surface area contributed by atoms with Crippen LogP contribution in [0, 0.1) is 0 Å². The van der Waals surface area contributed by atoms with Gasteiger partial charge >= 0.3 is 0 Å². The topological polar surface area (TPSA) is 101 Å². The van der Waals surface area contributed by atoms with Crippen LogP contribution in [0.5, 0.6) is 17.2 Å². The molecular formula is C28H22N2O6. The van der Waals surface area contributed by atoms with E-state index in [1.807, 2.05) is 36.4 Å². The Kier molecular flexibility index (Phi) is 5.14. The van der Waals surface area contributed by atoms with Crippen LogP contribution in [-0.4, -0.2) is 40.6 Å². The molecule has 3 aromatic carbocycles. The van der Waals surface area contributed by atoms with Crippen LogP contribution in [0.1, 0.15) is 22.7 Å². The zero-order chi connectivity index (χ0) is 24.8. The van der Waals surface area contributed by atoms with Crippen molar-refractivity contribution in [3.05, 3.63) is 95.2 Å². The van der Waals surface area contributed by atoms with Crippen molar-refractivity contribution in [3.63, 3.8) is 0 Å². The van der Waals surface area contributed by atoms with E-state index in [0.717, 1.165) is 22.0 Å². The number of ether oxygens (including phenoxy) is 3. The number of rotatable bonds is 5. The van der Waals surface area contributed by atoms with Gasteiger partial charge in [-0.25, -0.2) is 0 Å². The summed E-state index contributed by atoms with van der Waals surface area (Å²) in [4.78, 5) is 31.5. The van der Waals surface area contributed by atoms with Gasteiger partial charge in [-0.1, -0.05) is 30.3 Å². The zero-order valence-electron chi connectivity index (χ0n) is 19.4. The van der Waals surface area contributed by atoms with Crippen molar-refractivity contribution in [3.8, 4) is 17.2 Å². The van der Waals surface area contributed by atoms with E-state index in [0.29, 0.717) is 22.8 Å². The Morgan fingerprint density at radius 1 is 1.06 bits per heavy atom. The first-order chi connectivity index (χ1) is 17.5. The number of para-hydroxylation sites is 1. The highest BCUT2D eigenvalue weighted by atomic mass is 16.7. The van der Waals surface area contributed by atoms with E-state index in [-0.39, 0.29) is 24.7 Å². The Bertz CT molecular complexity index is 1540. The fourth-order valence-electron chi connectivity index (χ4n) is 4.81. The predicted octanol–water partition coefficient (Wildman–Crippen LogP) is 4.53. The number of Topliss-reactive ketones (excluding diaryl/α,β-unsaturated/α-hetero) is 1. The van der Waals surface area contributed by atoms with Gasteiger partial charge < -0.3 is 29.2 Å². The van der Waals surface area contributed by atoms with Crippen LogP contribution in [0.3, 0.4) is 0 Å². The molecule has 3 heterocycles. The lowest BCUT2D eigenvalue weighted by Crippen LogP contribution is -2.29. The summed E-state index contributed by atoms with van der Waals surface area (Å²) in [5.74, 6) is 0.0307. The highest BCUT2D eigenvalue weighted by Crippen LogP contribution is 2.44. The molecule has 0 spiro atoms. The molecule has 2 N–H and O–H groups in total. The van der Waals surface area contributed by atoms with Crippen molar-refractivity contribution in [2.45, 2.75) is 12.6 Å². The Balaban J connectivity index is 1.50. The zero-order valence-corrected chi connectivity index (χ0v) is 19.4. The van der Waals surface area contributed by atoms with Crippen LogP contribution in [0.2, 0.25) is 0 Å². The van der Waals surface area contributed by atoms with E-state index in [1.165, 1.54) is 4.90 Å². The SMILES string of the molecule is COc1ccc(CN2C(=O)C(=O)/C(=C(/O)c3ccc4c(c3)OCO4)C2c2c[nH]c3ccccc23)cc1. The second kappa shape index (κ2) is 8.49. The second-order valence-electron chi connectivity index (χ2n) is 8.63. The molecule has 36 heavy (non-hydrogen) atoms. The van der Waals surface area contributed by atoms with Gasteiger partial charge in [0.05, 0.1) is 18.7 Å². The summed E-state index contributed by atoms with van der Waals surface area (Å²) in [7, 11) is 1.58. The highest BCUT2D eigenvalue weighted by Gasteiger charge is 2.47. The molecule has 180 valence electrons. The van der Waals surface area contributed by atoms with Gasteiger partial charge in [-0.15, -0.1) is 0 Å². The molecule has 8 nitrogen and oxygen atoms in total. The van der Waals surface area contributed by atoms with Gasteiger partial charge in [-0.3, -0.25) is 9.59 Å². The fourth-order valence-corrected chi connectivity index (χ4v) is 4.81. The smallest absolute Gasteiger partial charge is 0.295 e. The van der Waals surface area contributed by atoms with Crippen LogP contribution in [0.15, 0.2) is 78.5 Å². The number of aliphatic hydroxyl groups excluding tert-OH is 1. The Hall–Kier alpha value is -4.72. The number of amides is 1. The van der Waals surface area contributed by atoms with Crippen LogP contribution >= 0.6 is 0 Å². The standard InChI is InChI=1S/C28H22N2O6/c1-34-18-9-6-16(7-10-18)14-30-25(20-13-29-21-5-3-2-4-19(20)21)24(27(32)28(30)33)26(31)17-8-11-22-23(12-17)36-15-35-22/h2-13,25,29,31H,14-15H2,1H3/b26-24+. The number of aromatic nitrogens is 1. The number of methoxy groups -OCH3 is 1. The van der Waals surface area contributed by atoms with Crippen molar-refractivity contribution < 1.29 is 28.9 Å².